The fourth-order valence-electron chi connectivity index (χ4n) is 4.36. The van der Waals surface area contributed by atoms with Gasteiger partial charge in [-0.1, -0.05) is 12.1 Å². The van der Waals surface area contributed by atoms with Crippen LogP contribution in [0.2, 0.25) is 0 Å². The van der Waals surface area contributed by atoms with E-state index in [0.29, 0.717) is 5.56 Å². The summed E-state index contributed by atoms with van der Waals surface area (Å²) >= 11 is 0. The van der Waals surface area contributed by atoms with Crippen molar-refractivity contribution in [1.29, 1.82) is 0 Å². The van der Waals surface area contributed by atoms with Crippen LogP contribution in [0.4, 0.5) is 0 Å². The van der Waals surface area contributed by atoms with Crippen molar-refractivity contribution in [2.24, 2.45) is 0 Å². The van der Waals surface area contributed by atoms with Crippen LogP contribution >= 0.6 is 0 Å². The predicted octanol–water partition coefficient (Wildman–Crippen LogP) is 0.0788. The molecule has 0 aliphatic carbocycles. The number of aliphatic hydroxyl groups excluding tert-OH is 1. The number of hydrogen-bond donors (Lipinski definition) is 2. The molecule has 1 amide bonds. The molecule has 0 radical (unpaired) electrons. The third-order valence-electron chi connectivity index (χ3n) is 5.88. The summed E-state index contributed by atoms with van der Waals surface area (Å²) in [5.74, 6) is -7.34. The largest absolute Gasteiger partial charge is 0.464 e. The van der Waals surface area contributed by atoms with E-state index in [-0.39, 0.29) is 12.4 Å². The maximum Gasteiger partial charge on any atom is 0.379 e. The van der Waals surface area contributed by atoms with E-state index < -0.39 is 85.0 Å². The Morgan fingerprint density at radius 2 is 1.57 bits per heavy atom. The van der Waals surface area contributed by atoms with Crippen LogP contribution in [-0.2, 0) is 63.8 Å². The molecule has 42 heavy (non-hydrogen) atoms. The van der Waals surface area contributed by atoms with Gasteiger partial charge < -0.3 is 43.6 Å². The van der Waals surface area contributed by atoms with Crippen molar-refractivity contribution in [2.75, 3.05) is 13.7 Å². The minimum Gasteiger partial charge on any atom is -0.464 e. The summed E-state index contributed by atoms with van der Waals surface area (Å²) in [6.45, 7) is 4.55. The second kappa shape index (κ2) is 15.1. The molecule has 15 heteroatoms. The molecule has 1 aliphatic rings. The average Bonchev–Trinajstić information content (AvgIpc) is 2.90. The van der Waals surface area contributed by atoms with Crippen molar-refractivity contribution < 1.29 is 67.0 Å². The molecule has 0 bridgehead atoms. The van der Waals surface area contributed by atoms with Crippen LogP contribution in [0.5, 0.6) is 5.75 Å². The van der Waals surface area contributed by atoms with Gasteiger partial charge in [-0.3, -0.25) is 24.0 Å². The molecule has 2 rings (SSSR count). The molecule has 1 aromatic carbocycles. The van der Waals surface area contributed by atoms with Gasteiger partial charge in [0.2, 0.25) is 5.91 Å². The minimum atomic E-state index is -2.38. The third-order valence-corrected chi connectivity index (χ3v) is 5.88. The molecule has 6 atom stereocenters. The number of carbonyl (C=O) groups excluding carboxylic acids is 6. The summed E-state index contributed by atoms with van der Waals surface area (Å²) in [5, 5.41) is 11.9. The number of methoxy groups -OCH3 is 1. The first-order chi connectivity index (χ1) is 19.7. The molecular weight excluding hydrogens is 562 g/mol. The van der Waals surface area contributed by atoms with E-state index in [2.05, 4.69) is 5.32 Å². The Hall–Kier alpha value is -4.24. The fraction of sp³-hybridized carbons (Fsp3) is 0.556. The second-order valence-corrected chi connectivity index (χ2v) is 9.33. The van der Waals surface area contributed by atoms with Gasteiger partial charge in [-0.05, 0) is 17.7 Å². The Morgan fingerprint density at radius 3 is 2.05 bits per heavy atom. The summed E-state index contributed by atoms with van der Waals surface area (Å²) in [7, 11) is 1.05. The first kappa shape index (κ1) is 34.0. The molecule has 1 aliphatic heterocycles. The lowest BCUT2D eigenvalue weighted by Gasteiger charge is -2.48. The third kappa shape index (κ3) is 9.41. The molecule has 0 spiro atoms. The van der Waals surface area contributed by atoms with Crippen LogP contribution in [0.3, 0.4) is 0 Å². The first-order valence-electron chi connectivity index (χ1n) is 12.8. The van der Waals surface area contributed by atoms with Gasteiger partial charge in [-0.25, -0.2) is 4.79 Å². The van der Waals surface area contributed by atoms with Gasteiger partial charge in [-0.2, -0.15) is 0 Å². The molecule has 1 fully saturated rings. The first-order valence-corrected chi connectivity index (χ1v) is 12.8. The van der Waals surface area contributed by atoms with Gasteiger partial charge in [-0.15, -0.1) is 0 Å². The fourth-order valence-corrected chi connectivity index (χ4v) is 4.36. The van der Waals surface area contributed by atoms with E-state index in [9.17, 15) is 33.9 Å². The lowest BCUT2D eigenvalue weighted by Crippen LogP contribution is -2.70. The van der Waals surface area contributed by atoms with Crippen LogP contribution in [0.1, 0.15) is 46.6 Å². The van der Waals surface area contributed by atoms with E-state index in [0.717, 1.165) is 41.7 Å². The van der Waals surface area contributed by atoms with Crippen LogP contribution in [0, 0.1) is 0 Å². The van der Waals surface area contributed by atoms with Crippen molar-refractivity contribution in [2.45, 2.75) is 83.9 Å². The SMILES string of the molecule is COC(=O)[C@@]1(Oc2ccc(CO)cc2)C[C@H](OC(C)=O)[C@@H](NC(C)=O)[C@H]([C@H](OC(C)=O)[C@@H](COC(C)=O)OC(C)=O)O1. The highest BCUT2D eigenvalue weighted by molar-refractivity contribution is 5.79. The monoisotopic (exact) mass is 597 g/mol. The standard InChI is InChI=1S/C27H35NO14/c1-14(30)28-23-21(38-16(3)32)11-27(26(35)36-6,41-20-9-7-19(12-29)8-10-20)42-25(23)24(40-18(5)34)22(39-17(4)33)13-37-15(2)31/h7-10,21-25,29H,11-13H2,1-6H3,(H,28,30)/t21-,22+,23+,24+,25+,27+/m0/s1. The van der Waals surface area contributed by atoms with Crippen LogP contribution in [0.15, 0.2) is 24.3 Å². The van der Waals surface area contributed by atoms with Gasteiger partial charge in [0.25, 0.3) is 0 Å². The lowest BCUT2D eigenvalue weighted by molar-refractivity contribution is -0.289. The number of amides is 1. The van der Waals surface area contributed by atoms with Crippen LogP contribution < -0.4 is 10.1 Å². The maximum atomic E-state index is 13.3. The van der Waals surface area contributed by atoms with Gasteiger partial charge >= 0.3 is 35.6 Å². The smallest absolute Gasteiger partial charge is 0.379 e. The van der Waals surface area contributed by atoms with Crippen molar-refractivity contribution in [3.63, 3.8) is 0 Å². The van der Waals surface area contributed by atoms with Crippen LogP contribution in [0.25, 0.3) is 0 Å². The van der Waals surface area contributed by atoms with E-state index in [1.807, 2.05) is 0 Å². The average molecular weight is 598 g/mol. The predicted molar refractivity (Wildman–Crippen MR) is 138 cm³/mol. The number of hydrogen-bond acceptors (Lipinski definition) is 14. The topological polar surface area (TPSA) is 199 Å². The van der Waals surface area contributed by atoms with Gasteiger partial charge in [0.05, 0.1) is 26.2 Å². The van der Waals surface area contributed by atoms with E-state index in [1.165, 1.54) is 24.3 Å². The molecule has 1 aromatic rings. The van der Waals surface area contributed by atoms with Crippen molar-refractivity contribution in [3.8, 4) is 5.75 Å². The Morgan fingerprint density at radius 1 is 0.952 bits per heavy atom. The van der Waals surface area contributed by atoms with Gasteiger partial charge in [0.1, 0.15) is 24.6 Å². The Bertz CT molecular complexity index is 1150. The molecule has 0 aromatic heterocycles. The highest BCUT2D eigenvalue weighted by Gasteiger charge is 2.60. The molecule has 0 unspecified atom stereocenters. The molecule has 0 saturated carbocycles. The molecule has 1 saturated heterocycles. The highest BCUT2D eigenvalue weighted by atomic mass is 16.7. The second-order valence-electron chi connectivity index (χ2n) is 9.33. The van der Waals surface area contributed by atoms with E-state index >= 15 is 0 Å². The van der Waals surface area contributed by atoms with E-state index in [4.69, 9.17) is 33.2 Å². The number of esters is 5. The molecule has 2 N–H and O–H groups in total. The Labute approximate surface area is 241 Å². The number of carbonyl (C=O) groups is 6. The molecular formula is C27H35NO14. The van der Waals surface area contributed by atoms with Gasteiger partial charge in [0, 0.05) is 34.6 Å². The minimum absolute atomic E-state index is 0.0661. The summed E-state index contributed by atoms with van der Waals surface area (Å²) in [5.41, 5.74) is 0.532. The molecule has 1 heterocycles. The summed E-state index contributed by atoms with van der Waals surface area (Å²) in [6.07, 6.45) is -6.69. The number of aliphatic hydroxyl groups is 1. The quantitative estimate of drug-likeness (QED) is 0.242. The van der Waals surface area contributed by atoms with Crippen molar-refractivity contribution in [3.05, 3.63) is 29.8 Å². The van der Waals surface area contributed by atoms with E-state index in [1.54, 1.807) is 0 Å². The Balaban J connectivity index is 2.77. The zero-order valence-corrected chi connectivity index (χ0v) is 24.1. The van der Waals surface area contributed by atoms with Gasteiger partial charge in [0.15, 0.2) is 12.2 Å². The Kier molecular flexibility index (Phi) is 12.2. The van der Waals surface area contributed by atoms with Crippen LogP contribution in [-0.4, -0.2) is 90.8 Å². The zero-order valence-electron chi connectivity index (χ0n) is 24.1. The summed E-state index contributed by atoms with van der Waals surface area (Å²) in [6, 6.07) is 4.58. The number of benzene rings is 1. The maximum absolute atomic E-state index is 13.3. The highest BCUT2D eigenvalue weighted by Crippen LogP contribution is 2.38. The molecule has 232 valence electrons. The van der Waals surface area contributed by atoms with Crippen molar-refractivity contribution >= 4 is 35.8 Å². The lowest BCUT2D eigenvalue weighted by atomic mass is 9.88. The number of rotatable bonds is 12. The normalized spacial score (nSPS) is 22.9. The number of ether oxygens (including phenoxy) is 7. The summed E-state index contributed by atoms with van der Waals surface area (Å²) < 4.78 is 38.4. The van der Waals surface area contributed by atoms with Crippen molar-refractivity contribution in [1.82, 2.24) is 5.32 Å². The zero-order chi connectivity index (χ0) is 31.6. The summed E-state index contributed by atoms with van der Waals surface area (Å²) in [4.78, 5) is 73.7. The molecule has 15 nitrogen and oxygen atoms in total. The number of nitrogens with one attached hydrogen (secondary N) is 1.